The Morgan fingerprint density at radius 2 is 2.19 bits per heavy atom. The topological polar surface area (TPSA) is 95.0 Å². The molecule has 2 aromatic rings. The fourth-order valence-corrected chi connectivity index (χ4v) is 2.23. The molecule has 0 bridgehead atoms. The zero-order valence-electron chi connectivity index (χ0n) is 18.0. The molecule has 21 heavy (non-hydrogen) atoms. The van der Waals surface area contributed by atoms with Crippen LogP contribution in [0.2, 0.25) is 0 Å². The second-order valence-corrected chi connectivity index (χ2v) is 4.58. The molecule has 6 heteroatoms. The third-order valence-corrected chi connectivity index (χ3v) is 3.19. The van der Waals surface area contributed by atoms with Crippen LogP contribution >= 0.6 is 0 Å². The van der Waals surface area contributed by atoms with Crippen molar-refractivity contribution in [1.82, 2.24) is 9.55 Å². The maximum Gasteiger partial charge on any atom is 0.264 e. The standard InChI is InChI=1S/C15H15N3O3/c1-8-17-11-4-2-3-10(16)14(11)15(21)18(8)12-6-5-9(19)7-13(12)20/h2-4,12H,5-7,16H2,1H3/t12-/m1/s1/i2D,3D,4D,5D2,6D2. The minimum Gasteiger partial charge on any atom is -0.398 e. The maximum atomic E-state index is 13.1. The van der Waals surface area contributed by atoms with Crippen LogP contribution in [-0.4, -0.2) is 21.1 Å². The summed E-state index contributed by atoms with van der Waals surface area (Å²) in [6.07, 6.45) is -6.97. The Labute approximate surface area is 130 Å². The van der Waals surface area contributed by atoms with Crippen LogP contribution in [0.25, 0.3) is 10.9 Å². The second-order valence-electron chi connectivity index (χ2n) is 4.58. The van der Waals surface area contributed by atoms with Crippen LogP contribution in [0.5, 0.6) is 0 Å². The molecule has 3 rings (SSSR count). The fraction of sp³-hybridized carbons (Fsp3) is 0.333. The molecule has 1 heterocycles. The predicted molar refractivity (Wildman–Crippen MR) is 78.1 cm³/mol. The molecule has 1 aromatic carbocycles. The van der Waals surface area contributed by atoms with Gasteiger partial charge in [0.05, 0.1) is 27.5 Å². The van der Waals surface area contributed by atoms with E-state index in [1.54, 1.807) is 0 Å². The molecule has 108 valence electrons. The number of fused-ring (bicyclic) bond motifs is 1. The van der Waals surface area contributed by atoms with Crippen LogP contribution < -0.4 is 11.3 Å². The Morgan fingerprint density at radius 3 is 2.95 bits per heavy atom. The van der Waals surface area contributed by atoms with E-state index in [1.165, 1.54) is 6.92 Å². The first kappa shape index (κ1) is 7.49. The second kappa shape index (κ2) is 4.80. The SMILES string of the molecule is [2H]c1c([2H])c(N)c2c(=O)n([C@H]3C(=O)CC(=O)C([2H])([2H])C3([2H])[2H])c(C)nc2c1[2H]. The van der Waals surface area contributed by atoms with Gasteiger partial charge in [0.15, 0.2) is 5.78 Å². The number of aromatic nitrogens is 2. The van der Waals surface area contributed by atoms with Crippen LogP contribution in [0.3, 0.4) is 0 Å². The van der Waals surface area contributed by atoms with E-state index in [0.29, 0.717) is 4.57 Å². The molecule has 1 aliphatic carbocycles. The van der Waals surface area contributed by atoms with Gasteiger partial charge in [-0.15, -0.1) is 0 Å². The minimum atomic E-state index is -3.05. The highest BCUT2D eigenvalue weighted by Gasteiger charge is 2.30. The highest BCUT2D eigenvalue weighted by molar-refractivity contribution is 6.03. The molecule has 0 amide bonds. The number of aryl methyl sites for hydroxylation is 1. The summed E-state index contributed by atoms with van der Waals surface area (Å²) < 4.78 is 55.8. The molecular formula is C15H15N3O3. The van der Waals surface area contributed by atoms with E-state index in [0.717, 1.165) is 0 Å². The van der Waals surface area contributed by atoms with Crippen LogP contribution in [0.4, 0.5) is 5.69 Å². The van der Waals surface area contributed by atoms with Gasteiger partial charge in [-0.2, -0.15) is 0 Å². The van der Waals surface area contributed by atoms with Crippen molar-refractivity contribution in [3.63, 3.8) is 0 Å². The van der Waals surface area contributed by atoms with Crippen LogP contribution in [0.15, 0.2) is 22.9 Å². The third-order valence-electron chi connectivity index (χ3n) is 3.19. The van der Waals surface area contributed by atoms with Crippen molar-refractivity contribution in [2.75, 3.05) is 5.73 Å². The van der Waals surface area contributed by atoms with E-state index < -0.39 is 71.5 Å². The number of nitrogens with two attached hydrogens (primary N) is 1. The van der Waals surface area contributed by atoms with Gasteiger partial charge in [0.2, 0.25) is 0 Å². The molecule has 0 saturated heterocycles. The maximum absolute atomic E-state index is 13.1. The summed E-state index contributed by atoms with van der Waals surface area (Å²) in [5.41, 5.74) is 3.99. The molecule has 1 aliphatic rings. The van der Waals surface area contributed by atoms with Gasteiger partial charge in [0.1, 0.15) is 11.6 Å². The summed E-state index contributed by atoms with van der Waals surface area (Å²) in [5.74, 6) is -2.43. The zero-order chi connectivity index (χ0) is 21.3. The Morgan fingerprint density at radius 1 is 1.43 bits per heavy atom. The Bertz CT molecular complexity index is 1130. The van der Waals surface area contributed by atoms with Crippen LogP contribution in [0, 0.1) is 6.92 Å². The molecule has 0 radical (unpaired) electrons. The predicted octanol–water partition coefficient (Wildman–Crippen LogP) is 1.15. The molecule has 1 aromatic heterocycles. The summed E-state index contributed by atoms with van der Waals surface area (Å²) >= 11 is 0. The lowest BCUT2D eigenvalue weighted by Crippen LogP contribution is -2.36. The number of rotatable bonds is 1. The zero-order valence-corrected chi connectivity index (χ0v) is 11.0. The molecule has 2 N–H and O–H groups in total. The molecule has 1 fully saturated rings. The number of hydrogen-bond donors (Lipinski definition) is 1. The average molecular weight is 292 g/mol. The Hall–Kier alpha value is -2.50. The highest BCUT2D eigenvalue weighted by Crippen LogP contribution is 2.24. The van der Waals surface area contributed by atoms with Crippen molar-refractivity contribution in [2.45, 2.75) is 32.1 Å². The molecule has 6 nitrogen and oxygen atoms in total. The Kier molecular flexibility index (Phi) is 1.71. The van der Waals surface area contributed by atoms with E-state index in [2.05, 4.69) is 4.98 Å². The van der Waals surface area contributed by atoms with Crippen molar-refractivity contribution in [3.8, 4) is 0 Å². The normalized spacial score (nSPS) is 28.8. The summed E-state index contributed by atoms with van der Waals surface area (Å²) in [6, 6.07) is -3.64. The molecule has 0 aliphatic heterocycles. The van der Waals surface area contributed by atoms with E-state index in [9.17, 15) is 14.4 Å². The number of Topliss-reactive ketones (excluding diaryl/α,β-unsaturated/α-hetero) is 2. The van der Waals surface area contributed by atoms with E-state index in [-0.39, 0.29) is 11.3 Å². The molecule has 1 saturated carbocycles. The van der Waals surface area contributed by atoms with Crippen molar-refractivity contribution in [1.29, 1.82) is 0 Å². The van der Waals surface area contributed by atoms with Gasteiger partial charge in [0.25, 0.3) is 5.56 Å². The van der Waals surface area contributed by atoms with Gasteiger partial charge in [-0.05, 0) is 25.4 Å². The smallest absolute Gasteiger partial charge is 0.264 e. The van der Waals surface area contributed by atoms with Crippen molar-refractivity contribution < 1.29 is 19.2 Å². The molecular weight excluding hydrogens is 270 g/mol. The van der Waals surface area contributed by atoms with Gasteiger partial charge in [-0.1, -0.05) is 6.04 Å². The summed E-state index contributed by atoms with van der Waals surface area (Å²) in [4.78, 5) is 41.4. The van der Waals surface area contributed by atoms with Crippen molar-refractivity contribution in [3.05, 3.63) is 34.3 Å². The third kappa shape index (κ3) is 2.12. The average Bonchev–Trinajstić information content (AvgIpc) is 2.59. The van der Waals surface area contributed by atoms with Gasteiger partial charge in [-0.25, -0.2) is 4.98 Å². The summed E-state index contributed by atoms with van der Waals surface area (Å²) in [7, 11) is 0. The first-order chi connectivity index (χ1) is 12.7. The lowest BCUT2D eigenvalue weighted by atomic mass is 9.92. The van der Waals surface area contributed by atoms with Gasteiger partial charge >= 0.3 is 0 Å². The van der Waals surface area contributed by atoms with Gasteiger partial charge in [-0.3, -0.25) is 19.0 Å². The molecule has 0 unspecified atom stereocenters. The highest BCUT2D eigenvalue weighted by atomic mass is 16.2. The number of carbonyl (C=O) groups is 2. The van der Waals surface area contributed by atoms with Crippen LogP contribution in [-0.2, 0) is 9.59 Å². The lowest BCUT2D eigenvalue weighted by Gasteiger charge is -2.24. The van der Waals surface area contributed by atoms with Gasteiger partial charge < -0.3 is 5.73 Å². The molecule has 0 spiro atoms. The number of carbonyl (C=O) groups excluding carboxylic acids is 2. The number of nitrogens with zero attached hydrogens (tertiary/aromatic N) is 2. The van der Waals surface area contributed by atoms with Gasteiger partial charge in [0, 0.05) is 17.5 Å². The largest absolute Gasteiger partial charge is 0.398 e. The number of benzene rings is 1. The Balaban J connectivity index is 2.44. The number of anilines is 1. The number of nitrogen functional groups attached to an aromatic ring is 1. The quantitative estimate of drug-likeness (QED) is 0.628. The summed E-state index contributed by atoms with van der Waals surface area (Å²) in [6.45, 7) is 1.25. The van der Waals surface area contributed by atoms with E-state index in [1.807, 2.05) is 0 Å². The minimum absolute atomic E-state index is 0.213. The van der Waals surface area contributed by atoms with Crippen LogP contribution in [0.1, 0.15) is 40.6 Å². The number of hydrogen-bond acceptors (Lipinski definition) is 5. The number of ketones is 2. The van der Waals surface area contributed by atoms with Crippen molar-refractivity contribution in [2.24, 2.45) is 0 Å². The van der Waals surface area contributed by atoms with Crippen molar-refractivity contribution >= 4 is 28.2 Å². The first-order valence-electron chi connectivity index (χ1n) is 9.59. The van der Waals surface area contributed by atoms with E-state index in [4.69, 9.17) is 15.3 Å². The first-order valence-corrected chi connectivity index (χ1v) is 6.09. The fourth-order valence-electron chi connectivity index (χ4n) is 2.23. The molecule has 1 atom stereocenters. The lowest BCUT2D eigenvalue weighted by molar-refractivity contribution is -0.132. The monoisotopic (exact) mass is 292 g/mol. The van der Waals surface area contributed by atoms with E-state index >= 15 is 0 Å². The summed E-state index contributed by atoms with van der Waals surface area (Å²) in [5, 5.41) is -0.433.